The molecular weight excluding hydrogens is 242 g/mol. The first kappa shape index (κ1) is 16.4. The van der Waals surface area contributed by atoms with E-state index in [4.69, 9.17) is 0 Å². The largest absolute Gasteiger partial charge is 0.480 e. The van der Waals surface area contributed by atoms with E-state index >= 15 is 0 Å². The molecule has 0 amide bonds. The summed E-state index contributed by atoms with van der Waals surface area (Å²) >= 11 is 0. The monoisotopic (exact) mass is 271 g/mol. The normalized spacial score (nSPS) is 23.7. The molecule has 0 bridgehead atoms. The van der Waals surface area contributed by atoms with Gasteiger partial charge in [0.1, 0.15) is 5.54 Å². The van der Waals surface area contributed by atoms with Crippen LogP contribution in [-0.2, 0) is 4.79 Å². The van der Waals surface area contributed by atoms with Crippen LogP contribution in [0.25, 0.3) is 0 Å². The summed E-state index contributed by atoms with van der Waals surface area (Å²) in [7, 11) is 3.80. The summed E-state index contributed by atoms with van der Waals surface area (Å²) < 4.78 is 0. The third kappa shape index (κ3) is 4.44. The quantitative estimate of drug-likeness (QED) is 0.685. The van der Waals surface area contributed by atoms with E-state index in [0.717, 1.165) is 19.6 Å². The Balaban J connectivity index is 2.39. The van der Waals surface area contributed by atoms with E-state index < -0.39 is 11.5 Å². The van der Waals surface area contributed by atoms with Crippen molar-refractivity contribution in [3.63, 3.8) is 0 Å². The Kier molecular flexibility index (Phi) is 6.23. The fourth-order valence-electron chi connectivity index (χ4n) is 2.72. The van der Waals surface area contributed by atoms with Crippen LogP contribution >= 0.6 is 0 Å². The van der Waals surface area contributed by atoms with Crippen LogP contribution in [0.15, 0.2) is 0 Å². The van der Waals surface area contributed by atoms with E-state index in [2.05, 4.69) is 29.1 Å². The van der Waals surface area contributed by atoms with Crippen molar-refractivity contribution < 1.29 is 9.90 Å². The lowest BCUT2D eigenvalue weighted by atomic mass is 9.98. The second kappa shape index (κ2) is 7.22. The number of carbonyl (C=O) groups is 1. The van der Waals surface area contributed by atoms with Gasteiger partial charge in [0.05, 0.1) is 0 Å². The van der Waals surface area contributed by atoms with E-state index in [1.807, 2.05) is 0 Å². The molecule has 0 aromatic carbocycles. The van der Waals surface area contributed by atoms with Crippen molar-refractivity contribution >= 4 is 5.97 Å². The van der Waals surface area contributed by atoms with Gasteiger partial charge in [-0.3, -0.25) is 9.69 Å². The highest BCUT2D eigenvalue weighted by atomic mass is 16.4. The Labute approximate surface area is 117 Å². The van der Waals surface area contributed by atoms with Gasteiger partial charge >= 0.3 is 5.97 Å². The lowest BCUT2D eigenvalue weighted by molar-refractivity contribution is -0.144. The molecule has 1 fully saturated rings. The van der Waals surface area contributed by atoms with Crippen molar-refractivity contribution in [1.82, 2.24) is 15.1 Å². The van der Waals surface area contributed by atoms with Gasteiger partial charge in [0, 0.05) is 19.1 Å². The van der Waals surface area contributed by atoms with E-state index in [0.29, 0.717) is 12.5 Å². The minimum absolute atomic E-state index is 0.619. The van der Waals surface area contributed by atoms with Crippen LogP contribution in [-0.4, -0.2) is 72.7 Å². The molecule has 1 aliphatic rings. The molecule has 0 spiro atoms. The molecule has 19 heavy (non-hydrogen) atoms. The zero-order valence-corrected chi connectivity index (χ0v) is 12.8. The van der Waals surface area contributed by atoms with Crippen molar-refractivity contribution in [2.75, 3.05) is 40.3 Å². The summed E-state index contributed by atoms with van der Waals surface area (Å²) in [6.45, 7) is 8.11. The van der Waals surface area contributed by atoms with Crippen molar-refractivity contribution in [3.8, 4) is 0 Å². The summed E-state index contributed by atoms with van der Waals surface area (Å²) in [4.78, 5) is 16.0. The van der Waals surface area contributed by atoms with E-state index in [1.54, 1.807) is 14.0 Å². The van der Waals surface area contributed by atoms with Crippen molar-refractivity contribution in [1.29, 1.82) is 0 Å². The lowest BCUT2D eigenvalue weighted by Gasteiger charge is -2.30. The minimum Gasteiger partial charge on any atom is -0.480 e. The Morgan fingerprint density at radius 1 is 1.58 bits per heavy atom. The van der Waals surface area contributed by atoms with Gasteiger partial charge in [0.15, 0.2) is 0 Å². The zero-order chi connectivity index (χ0) is 14.5. The minimum atomic E-state index is -0.825. The number of nitrogens with zero attached hydrogens (tertiary/aromatic N) is 2. The van der Waals surface area contributed by atoms with E-state index in [1.165, 1.54) is 19.4 Å². The summed E-state index contributed by atoms with van der Waals surface area (Å²) in [5.74, 6) is -0.778. The van der Waals surface area contributed by atoms with Crippen molar-refractivity contribution in [3.05, 3.63) is 0 Å². The molecule has 0 radical (unpaired) electrons. The number of carboxylic acid groups (broad SMARTS) is 1. The maximum absolute atomic E-state index is 11.2. The van der Waals surface area contributed by atoms with Crippen LogP contribution in [0.5, 0.6) is 0 Å². The average molecular weight is 271 g/mol. The van der Waals surface area contributed by atoms with Gasteiger partial charge in [-0.15, -0.1) is 0 Å². The second-order valence-corrected chi connectivity index (χ2v) is 5.82. The summed E-state index contributed by atoms with van der Waals surface area (Å²) in [5, 5.41) is 12.1. The average Bonchev–Trinajstić information content (AvgIpc) is 2.82. The number of likely N-dealkylation sites (N-methyl/N-ethyl adjacent to an activating group) is 3. The number of likely N-dealkylation sites (tertiary alicyclic amines) is 1. The summed E-state index contributed by atoms with van der Waals surface area (Å²) in [6, 6.07) is 0.640. The molecular formula is C14H29N3O2. The molecule has 2 N–H and O–H groups in total. The van der Waals surface area contributed by atoms with Gasteiger partial charge in [0.2, 0.25) is 0 Å². The molecule has 0 aromatic heterocycles. The molecule has 2 atom stereocenters. The summed E-state index contributed by atoms with van der Waals surface area (Å²) in [6.07, 6.45) is 3.17. The number of rotatable bonds is 8. The highest BCUT2D eigenvalue weighted by molar-refractivity contribution is 5.78. The molecule has 0 aromatic rings. The highest BCUT2D eigenvalue weighted by Gasteiger charge is 2.31. The molecule has 1 aliphatic heterocycles. The first-order chi connectivity index (χ1) is 8.92. The van der Waals surface area contributed by atoms with Gasteiger partial charge in [-0.25, -0.2) is 0 Å². The highest BCUT2D eigenvalue weighted by Crippen LogP contribution is 2.18. The number of nitrogens with one attached hydrogen (secondary N) is 1. The first-order valence-corrected chi connectivity index (χ1v) is 7.28. The van der Waals surface area contributed by atoms with Gasteiger partial charge in [-0.05, 0) is 53.4 Å². The lowest BCUT2D eigenvalue weighted by Crippen LogP contribution is -2.50. The fraction of sp³-hybridized carbons (Fsp3) is 0.929. The van der Waals surface area contributed by atoms with Gasteiger partial charge in [0.25, 0.3) is 0 Å². The van der Waals surface area contributed by atoms with Crippen LogP contribution in [0.3, 0.4) is 0 Å². The van der Waals surface area contributed by atoms with Crippen molar-refractivity contribution in [2.24, 2.45) is 0 Å². The fourth-order valence-corrected chi connectivity index (χ4v) is 2.72. The predicted octanol–water partition coefficient (Wildman–Crippen LogP) is 0.855. The molecule has 0 aliphatic carbocycles. The van der Waals surface area contributed by atoms with Crippen molar-refractivity contribution in [2.45, 2.75) is 44.7 Å². The number of hydrogen-bond donors (Lipinski definition) is 2. The third-order valence-corrected chi connectivity index (χ3v) is 4.45. The van der Waals surface area contributed by atoms with Gasteiger partial charge in [-0.1, -0.05) is 6.92 Å². The van der Waals surface area contributed by atoms with Gasteiger partial charge < -0.3 is 15.3 Å². The van der Waals surface area contributed by atoms with E-state index in [9.17, 15) is 9.90 Å². The number of aliphatic carboxylic acids is 1. The standard InChI is InChI=1S/C14H29N3O2/c1-5-17-9-6-7-12(17)11-16(4)10-8-14(2,15-3)13(18)19/h12,15H,5-11H2,1-4H3,(H,18,19). The molecule has 1 rings (SSSR count). The maximum Gasteiger partial charge on any atom is 0.323 e. The molecule has 0 saturated carbocycles. The maximum atomic E-state index is 11.2. The Hall–Kier alpha value is -0.650. The molecule has 5 nitrogen and oxygen atoms in total. The zero-order valence-electron chi connectivity index (χ0n) is 12.8. The Bertz CT molecular complexity index is 298. The van der Waals surface area contributed by atoms with Crippen LogP contribution in [0.4, 0.5) is 0 Å². The van der Waals surface area contributed by atoms with Gasteiger partial charge in [-0.2, -0.15) is 0 Å². The number of hydrogen-bond acceptors (Lipinski definition) is 4. The SMILES string of the molecule is CCN1CCCC1CN(C)CCC(C)(NC)C(=O)O. The number of carboxylic acids is 1. The van der Waals surface area contributed by atoms with E-state index in [-0.39, 0.29) is 0 Å². The second-order valence-electron chi connectivity index (χ2n) is 5.82. The predicted molar refractivity (Wildman–Crippen MR) is 77.5 cm³/mol. The van der Waals surface area contributed by atoms with Crippen LogP contribution in [0.2, 0.25) is 0 Å². The van der Waals surface area contributed by atoms with Crippen LogP contribution < -0.4 is 5.32 Å². The Morgan fingerprint density at radius 3 is 2.79 bits per heavy atom. The van der Waals surface area contributed by atoms with Crippen LogP contribution in [0, 0.1) is 0 Å². The molecule has 2 unspecified atom stereocenters. The third-order valence-electron chi connectivity index (χ3n) is 4.45. The molecule has 112 valence electrons. The topological polar surface area (TPSA) is 55.8 Å². The molecule has 5 heteroatoms. The first-order valence-electron chi connectivity index (χ1n) is 7.28. The molecule has 1 saturated heterocycles. The Morgan fingerprint density at radius 2 is 2.26 bits per heavy atom. The smallest absolute Gasteiger partial charge is 0.323 e. The van der Waals surface area contributed by atoms with Crippen LogP contribution in [0.1, 0.15) is 33.1 Å². The molecule has 1 heterocycles. The summed E-state index contributed by atoms with van der Waals surface area (Å²) in [5.41, 5.74) is -0.825.